The fraction of sp³-hybridized carbons (Fsp3) is 0.154. The maximum atomic E-state index is 11.5. The Labute approximate surface area is 94.5 Å². The van der Waals surface area contributed by atoms with Crippen LogP contribution in [0.2, 0.25) is 0 Å². The largest absolute Gasteiger partial charge is 0.383 e. The van der Waals surface area contributed by atoms with Gasteiger partial charge in [-0.05, 0) is 12.5 Å². The van der Waals surface area contributed by atoms with Crippen LogP contribution in [0.15, 0.2) is 59.7 Å². The van der Waals surface area contributed by atoms with Crippen LogP contribution in [0.5, 0.6) is 0 Å². The Balaban J connectivity index is 3.10. The summed E-state index contributed by atoms with van der Waals surface area (Å²) in [6.07, 6.45) is 8.98. The fourth-order valence-electron chi connectivity index (χ4n) is 1.30. The minimum absolute atomic E-state index is 0.195. The van der Waals surface area contributed by atoms with Gasteiger partial charge in [0.15, 0.2) is 5.43 Å². The topological polar surface area (TPSA) is 53.1 Å². The molecule has 3 heteroatoms. The van der Waals surface area contributed by atoms with E-state index in [9.17, 15) is 9.90 Å². The molecule has 84 valence electrons. The van der Waals surface area contributed by atoms with Crippen LogP contribution in [0.1, 0.15) is 18.6 Å². The average molecular weight is 217 g/mol. The lowest BCUT2D eigenvalue weighted by Gasteiger charge is -2.10. The summed E-state index contributed by atoms with van der Waals surface area (Å²) in [6.45, 7) is 5.49. The molecule has 0 amide bonds. The molecule has 0 fully saturated rings. The van der Waals surface area contributed by atoms with E-state index in [1.165, 1.54) is 24.5 Å². The number of aromatic amines is 1. The SMILES string of the molecule is C=C/C(=C\C=C/C)C(O)c1c[nH]ccc1=O. The normalized spacial score (nSPS) is 14.0. The number of rotatable bonds is 4. The van der Waals surface area contributed by atoms with Gasteiger partial charge in [-0.15, -0.1) is 0 Å². The summed E-state index contributed by atoms with van der Waals surface area (Å²) in [4.78, 5) is 14.3. The van der Waals surface area contributed by atoms with Crippen molar-refractivity contribution in [3.8, 4) is 0 Å². The van der Waals surface area contributed by atoms with Gasteiger partial charge < -0.3 is 10.1 Å². The third-order valence-electron chi connectivity index (χ3n) is 2.18. The van der Waals surface area contributed by atoms with Crippen molar-refractivity contribution in [2.75, 3.05) is 0 Å². The molecule has 0 aromatic carbocycles. The summed E-state index contributed by atoms with van der Waals surface area (Å²) in [7, 11) is 0. The third-order valence-corrected chi connectivity index (χ3v) is 2.18. The third kappa shape index (κ3) is 2.81. The minimum atomic E-state index is -0.946. The van der Waals surface area contributed by atoms with Crippen LogP contribution in [-0.2, 0) is 0 Å². The molecular weight excluding hydrogens is 202 g/mol. The molecule has 3 nitrogen and oxygen atoms in total. The molecule has 0 saturated carbocycles. The Bertz CT molecular complexity index is 469. The van der Waals surface area contributed by atoms with Gasteiger partial charge in [0.25, 0.3) is 0 Å². The van der Waals surface area contributed by atoms with Gasteiger partial charge in [0.2, 0.25) is 0 Å². The lowest BCUT2D eigenvalue weighted by atomic mass is 10.0. The first kappa shape index (κ1) is 12.2. The highest BCUT2D eigenvalue weighted by molar-refractivity contribution is 5.32. The van der Waals surface area contributed by atoms with Crippen LogP contribution in [0.25, 0.3) is 0 Å². The number of aliphatic hydroxyl groups is 1. The quantitative estimate of drug-likeness (QED) is 0.759. The van der Waals surface area contributed by atoms with Gasteiger partial charge in [0.1, 0.15) is 6.10 Å². The molecule has 0 radical (unpaired) electrons. The standard InChI is InChI=1S/C13H15NO2/c1-3-5-6-10(4-2)13(16)11-9-14-8-7-12(11)15/h3-9,13,16H,2H2,1H3,(H,14,15)/b5-3-,10-6+. The number of pyridine rings is 1. The van der Waals surface area contributed by atoms with E-state index >= 15 is 0 Å². The summed E-state index contributed by atoms with van der Waals surface area (Å²) in [5.41, 5.74) is 0.715. The molecule has 1 heterocycles. The van der Waals surface area contributed by atoms with Crippen molar-refractivity contribution >= 4 is 0 Å². The Morgan fingerprint density at radius 3 is 2.94 bits per heavy atom. The van der Waals surface area contributed by atoms with E-state index in [0.717, 1.165) is 0 Å². The molecule has 0 spiro atoms. The van der Waals surface area contributed by atoms with E-state index < -0.39 is 6.10 Å². The molecule has 0 aliphatic rings. The van der Waals surface area contributed by atoms with Gasteiger partial charge in [-0.2, -0.15) is 0 Å². The molecule has 0 saturated heterocycles. The second kappa shape index (κ2) is 5.88. The van der Waals surface area contributed by atoms with Crippen molar-refractivity contribution in [3.05, 3.63) is 70.7 Å². The summed E-state index contributed by atoms with van der Waals surface area (Å²) in [5.74, 6) is 0. The number of H-pyrrole nitrogens is 1. The van der Waals surface area contributed by atoms with Gasteiger partial charge in [-0.25, -0.2) is 0 Å². The van der Waals surface area contributed by atoms with E-state index in [1.807, 2.05) is 13.0 Å². The summed E-state index contributed by atoms with van der Waals surface area (Å²) < 4.78 is 0. The van der Waals surface area contributed by atoms with Crippen molar-refractivity contribution < 1.29 is 5.11 Å². The number of nitrogens with one attached hydrogen (secondary N) is 1. The molecule has 0 bridgehead atoms. The van der Waals surface area contributed by atoms with E-state index in [2.05, 4.69) is 11.6 Å². The summed E-state index contributed by atoms with van der Waals surface area (Å²) in [6, 6.07) is 1.38. The van der Waals surface area contributed by atoms with Crippen LogP contribution < -0.4 is 5.43 Å². The van der Waals surface area contributed by atoms with E-state index in [0.29, 0.717) is 11.1 Å². The van der Waals surface area contributed by atoms with Crippen LogP contribution in [0.4, 0.5) is 0 Å². The van der Waals surface area contributed by atoms with Crippen LogP contribution in [0.3, 0.4) is 0 Å². The van der Waals surface area contributed by atoms with E-state index in [4.69, 9.17) is 0 Å². The zero-order chi connectivity index (χ0) is 12.0. The van der Waals surface area contributed by atoms with Crippen molar-refractivity contribution in [3.63, 3.8) is 0 Å². The Morgan fingerprint density at radius 2 is 2.38 bits per heavy atom. The van der Waals surface area contributed by atoms with E-state index in [1.54, 1.807) is 12.2 Å². The monoisotopic (exact) mass is 217 g/mol. The highest BCUT2D eigenvalue weighted by atomic mass is 16.3. The Kier molecular flexibility index (Phi) is 4.48. The van der Waals surface area contributed by atoms with Gasteiger partial charge in [-0.1, -0.05) is 30.9 Å². The first-order valence-corrected chi connectivity index (χ1v) is 5.01. The first-order valence-electron chi connectivity index (χ1n) is 5.01. The molecule has 0 aliphatic carbocycles. The molecular formula is C13H15NO2. The summed E-state index contributed by atoms with van der Waals surface area (Å²) >= 11 is 0. The number of allylic oxidation sites excluding steroid dienone is 3. The maximum Gasteiger partial charge on any atom is 0.187 e. The summed E-state index contributed by atoms with van der Waals surface area (Å²) in [5, 5.41) is 9.99. The maximum absolute atomic E-state index is 11.5. The zero-order valence-electron chi connectivity index (χ0n) is 9.18. The fourth-order valence-corrected chi connectivity index (χ4v) is 1.30. The van der Waals surface area contributed by atoms with Gasteiger partial charge in [-0.3, -0.25) is 4.79 Å². The number of hydrogen-bond acceptors (Lipinski definition) is 2. The molecule has 0 aliphatic heterocycles. The second-order valence-electron chi connectivity index (χ2n) is 3.26. The average Bonchev–Trinajstić information content (AvgIpc) is 2.30. The zero-order valence-corrected chi connectivity index (χ0v) is 9.18. The molecule has 1 unspecified atom stereocenters. The van der Waals surface area contributed by atoms with Crippen molar-refractivity contribution in [2.45, 2.75) is 13.0 Å². The van der Waals surface area contributed by atoms with E-state index in [-0.39, 0.29) is 5.43 Å². The Hall–Kier alpha value is -1.87. The van der Waals surface area contributed by atoms with Gasteiger partial charge >= 0.3 is 0 Å². The molecule has 1 aromatic heterocycles. The van der Waals surface area contributed by atoms with Crippen LogP contribution >= 0.6 is 0 Å². The second-order valence-corrected chi connectivity index (χ2v) is 3.26. The lowest BCUT2D eigenvalue weighted by molar-refractivity contribution is 0.218. The molecule has 2 N–H and O–H groups in total. The minimum Gasteiger partial charge on any atom is -0.383 e. The smallest absolute Gasteiger partial charge is 0.187 e. The number of aliphatic hydroxyl groups excluding tert-OH is 1. The number of aromatic nitrogens is 1. The van der Waals surface area contributed by atoms with Crippen LogP contribution in [-0.4, -0.2) is 10.1 Å². The highest BCUT2D eigenvalue weighted by Gasteiger charge is 2.13. The van der Waals surface area contributed by atoms with Crippen molar-refractivity contribution in [1.82, 2.24) is 4.98 Å². The number of hydrogen-bond donors (Lipinski definition) is 2. The Morgan fingerprint density at radius 1 is 1.62 bits per heavy atom. The molecule has 16 heavy (non-hydrogen) atoms. The predicted molar refractivity (Wildman–Crippen MR) is 65.1 cm³/mol. The molecule has 1 rings (SSSR count). The van der Waals surface area contributed by atoms with Gasteiger partial charge in [0, 0.05) is 24.0 Å². The highest BCUT2D eigenvalue weighted by Crippen LogP contribution is 2.18. The molecule has 1 atom stereocenters. The molecule has 1 aromatic rings. The van der Waals surface area contributed by atoms with Crippen molar-refractivity contribution in [2.24, 2.45) is 0 Å². The van der Waals surface area contributed by atoms with Crippen LogP contribution in [0, 0.1) is 0 Å². The van der Waals surface area contributed by atoms with Crippen molar-refractivity contribution in [1.29, 1.82) is 0 Å². The predicted octanol–water partition coefficient (Wildman–Crippen LogP) is 2.10. The lowest BCUT2D eigenvalue weighted by Crippen LogP contribution is -2.13. The van der Waals surface area contributed by atoms with Gasteiger partial charge in [0.05, 0.1) is 0 Å². The first-order chi connectivity index (χ1) is 7.70.